The van der Waals surface area contributed by atoms with Gasteiger partial charge < -0.3 is 15.0 Å². The molecule has 0 spiro atoms. The molecule has 17 heavy (non-hydrogen) atoms. The summed E-state index contributed by atoms with van der Waals surface area (Å²) in [5.74, 6) is 0.230. The second-order valence-corrected chi connectivity index (χ2v) is 4.88. The minimum absolute atomic E-state index is 0. The standard InChI is InChI=1S/C10H15NO4S.Na/c11-9-5-1-2-6-10(9)15-7-3-4-8-16(12,13)14;/h1-2,5-6H,3-4,7-8,11H2,(H,12,13,14);/q;+1/p-1. The third-order valence-corrected chi connectivity index (χ3v) is 2.75. The molecular weight excluding hydrogens is 253 g/mol. The van der Waals surface area contributed by atoms with Crippen molar-refractivity contribution in [3.8, 4) is 5.75 Å². The summed E-state index contributed by atoms with van der Waals surface area (Å²) >= 11 is 0. The van der Waals surface area contributed by atoms with E-state index < -0.39 is 10.1 Å². The van der Waals surface area contributed by atoms with E-state index in [9.17, 15) is 13.0 Å². The number of anilines is 1. The van der Waals surface area contributed by atoms with Gasteiger partial charge in [-0.3, -0.25) is 0 Å². The van der Waals surface area contributed by atoms with Crippen LogP contribution < -0.4 is 40.0 Å². The first kappa shape index (κ1) is 16.7. The van der Waals surface area contributed by atoms with E-state index in [0.29, 0.717) is 30.9 Å². The number of nitrogen functional groups attached to an aromatic ring is 1. The van der Waals surface area contributed by atoms with Gasteiger partial charge in [0, 0.05) is 5.75 Å². The van der Waals surface area contributed by atoms with Gasteiger partial charge in [-0.15, -0.1) is 0 Å². The number of para-hydroxylation sites is 2. The monoisotopic (exact) mass is 267 g/mol. The van der Waals surface area contributed by atoms with Gasteiger partial charge >= 0.3 is 29.6 Å². The summed E-state index contributed by atoms with van der Waals surface area (Å²) in [6, 6.07) is 7.05. The zero-order chi connectivity index (χ0) is 12.0. The molecule has 1 aromatic carbocycles. The second kappa shape index (κ2) is 7.94. The van der Waals surface area contributed by atoms with Crippen LogP contribution in [0.15, 0.2) is 24.3 Å². The minimum atomic E-state index is -4.11. The van der Waals surface area contributed by atoms with E-state index in [0.717, 1.165) is 0 Å². The Morgan fingerprint density at radius 3 is 2.47 bits per heavy atom. The first-order valence-corrected chi connectivity index (χ1v) is 6.47. The number of hydrogen-bond acceptors (Lipinski definition) is 5. The Bertz CT molecular complexity index is 436. The van der Waals surface area contributed by atoms with Crippen LogP contribution in [0.2, 0.25) is 0 Å². The zero-order valence-electron chi connectivity index (χ0n) is 9.76. The van der Waals surface area contributed by atoms with E-state index in [-0.39, 0.29) is 35.3 Å². The summed E-state index contributed by atoms with van der Waals surface area (Å²) in [7, 11) is -4.11. The van der Waals surface area contributed by atoms with Crippen molar-refractivity contribution in [1.82, 2.24) is 0 Å². The van der Waals surface area contributed by atoms with Crippen LogP contribution >= 0.6 is 0 Å². The van der Waals surface area contributed by atoms with Crippen LogP contribution in [0.5, 0.6) is 5.75 Å². The molecule has 0 amide bonds. The quantitative estimate of drug-likeness (QED) is 0.278. The first-order chi connectivity index (χ1) is 7.49. The van der Waals surface area contributed by atoms with Gasteiger partial charge in [0.1, 0.15) is 5.75 Å². The van der Waals surface area contributed by atoms with E-state index in [4.69, 9.17) is 10.5 Å². The summed E-state index contributed by atoms with van der Waals surface area (Å²) < 4.78 is 36.2. The SMILES string of the molecule is Nc1ccccc1OCCCCS(=O)(=O)[O-].[Na+]. The van der Waals surface area contributed by atoms with Crippen LogP contribution in [0, 0.1) is 0 Å². The van der Waals surface area contributed by atoms with Gasteiger partial charge in [0.25, 0.3) is 0 Å². The van der Waals surface area contributed by atoms with Crippen LogP contribution in [0.3, 0.4) is 0 Å². The molecule has 0 unspecified atom stereocenters. The Morgan fingerprint density at radius 1 is 1.24 bits per heavy atom. The molecule has 0 atom stereocenters. The molecule has 0 aromatic heterocycles. The molecule has 2 N–H and O–H groups in total. The molecule has 0 aliphatic rings. The molecule has 0 aliphatic heterocycles. The molecule has 0 aliphatic carbocycles. The van der Waals surface area contributed by atoms with Gasteiger partial charge in [-0.05, 0) is 25.0 Å². The molecule has 5 nitrogen and oxygen atoms in total. The average molecular weight is 267 g/mol. The smallest absolute Gasteiger partial charge is 0.748 e. The van der Waals surface area contributed by atoms with Crippen molar-refractivity contribution in [2.75, 3.05) is 18.1 Å². The maximum absolute atomic E-state index is 10.3. The van der Waals surface area contributed by atoms with Crippen molar-refractivity contribution < 1.29 is 47.3 Å². The molecule has 1 rings (SSSR count). The Labute approximate surface area is 123 Å². The van der Waals surface area contributed by atoms with Crippen LogP contribution in [-0.2, 0) is 10.1 Å². The third kappa shape index (κ3) is 7.62. The van der Waals surface area contributed by atoms with Crippen molar-refractivity contribution in [2.45, 2.75) is 12.8 Å². The van der Waals surface area contributed by atoms with Crippen LogP contribution in [0.4, 0.5) is 5.69 Å². The fourth-order valence-corrected chi connectivity index (χ4v) is 1.73. The van der Waals surface area contributed by atoms with Crippen molar-refractivity contribution in [3.63, 3.8) is 0 Å². The zero-order valence-corrected chi connectivity index (χ0v) is 12.6. The fourth-order valence-electron chi connectivity index (χ4n) is 1.18. The second-order valence-electron chi connectivity index (χ2n) is 3.36. The molecule has 0 saturated carbocycles. The van der Waals surface area contributed by atoms with E-state index in [2.05, 4.69) is 0 Å². The predicted molar refractivity (Wildman–Crippen MR) is 60.1 cm³/mol. The van der Waals surface area contributed by atoms with Crippen molar-refractivity contribution in [1.29, 1.82) is 0 Å². The minimum Gasteiger partial charge on any atom is -0.748 e. The van der Waals surface area contributed by atoms with E-state index in [1.54, 1.807) is 24.3 Å². The normalized spacial score (nSPS) is 10.6. The molecule has 0 saturated heterocycles. The summed E-state index contributed by atoms with van der Waals surface area (Å²) in [4.78, 5) is 0. The number of hydrogen-bond donors (Lipinski definition) is 1. The summed E-state index contributed by atoms with van der Waals surface area (Å²) in [5.41, 5.74) is 6.17. The molecule has 0 bridgehead atoms. The van der Waals surface area contributed by atoms with Gasteiger partial charge in [-0.2, -0.15) is 0 Å². The maximum atomic E-state index is 10.3. The first-order valence-electron chi connectivity index (χ1n) is 4.90. The topological polar surface area (TPSA) is 92.5 Å². The maximum Gasteiger partial charge on any atom is 1.00 e. The molecular formula is C10H14NNaO4S. The summed E-state index contributed by atoms with van der Waals surface area (Å²) in [5, 5.41) is 0. The van der Waals surface area contributed by atoms with Gasteiger partial charge in [0.05, 0.1) is 22.4 Å². The van der Waals surface area contributed by atoms with Gasteiger partial charge in [0.15, 0.2) is 0 Å². The summed E-state index contributed by atoms with van der Waals surface area (Å²) in [6.07, 6.45) is 0.814. The predicted octanol–water partition coefficient (Wildman–Crippen LogP) is -2.02. The molecule has 7 heteroatoms. The average Bonchev–Trinajstić information content (AvgIpc) is 2.18. The number of ether oxygens (including phenoxy) is 1. The van der Waals surface area contributed by atoms with Crippen LogP contribution in [0.25, 0.3) is 0 Å². The van der Waals surface area contributed by atoms with Crippen LogP contribution in [0.1, 0.15) is 12.8 Å². The number of benzene rings is 1. The Morgan fingerprint density at radius 2 is 1.88 bits per heavy atom. The molecule has 0 radical (unpaired) electrons. The fraction of sp³-hybridized carbons (Fsp3) is 0.400. The summed E-state index contributed by atoms with van der Waals surface area (Å²) in [6.45, 7) is 0.351. The van der Waals surface area contributed by atoms with Crippen LogP contribution in [-0.4, -0.2) is 25.3 Å². The largest absolute Gasteiger partial charge is 1.00 e. The van der Waals surface area contributed by atoms with Crippen molar-refractivity contribution in [2.24, 2.45) is 0 Å². The Balaban J connectivity index is 0.00000256. The molecule has 1 aromatic rings. The number of rotatable bonds is 6. The number of nitrogens with two attached hydrogens (primary N) is 1. The van der Waals surface area contributed by atoms with E-state index in [1.807, 2.05) is 0 Å². The third-order valence-electron chi connectivity index (χ3n) is 1.97. The molecule has 0 heterocycles. The Kier molecular flexibility index (Phi) is 7.82. The number of unbranched alkanes of at least 4 members (excludes halogenated alkanes) is 1. The molecule has 0 fully saturated rings. The van der Waals surface area contributed by atoms with Gasteiger partial charge in [-0.1, -0.05) is 12.1 Å². The van der Waals surface area contributed by atoms with E-state index >= 15 is 0 Å². The van der Waals surface area contributed by atoms with Gasteiger partial charge in [0.2, 0.25) is 0 Å². The van der Waals surface area contributed by atoms with Gasteiger partial charge in [-0.25, -0.2) is 8.42 Å². The molecule has 90 valence electrons. The van der Waals surface area contributed by atoms with Crippen molar-refractivity contribution >= 4 is 15.8 Å². The Hall–Kier alpha value is -0.270. The van der Waals surface area contributed by atoms with E-state index in [1.165, 1.54) is 0 Å². The van der Waals surface area contributed by atoms with Crippen molar-refractivity contribution in [3.05, 3.63) is 24.3 Å².